The molecule has 0 aliphatic heterocycles. The van der Waals surface area contributed by atoms with E-state index in [-0.39, 0.29) is 5.56 Å². The molecule has 1 unspecified atom stereocenters. The van der Waals surface area contributed by atoms with Crippen molar-refractivity contribution in [1.82, 2.24) is 0 Å². The normalized spacial score (nSPS) is 12.0. The number of esters is 1. The highest BCUT2D eigenvalue weighted by Gasteiger charge is 2.22. The van der Waals surface area contributed by atoms with Gasteiger partial charge < -0.3 is 9.15 Å². The van der Waals surface area contributed by atoms with Gasteiger partial charge in [-0.2, -0.15) is 0 Å². The van der Waals surface area contributed by atoms with Crippen molar-refractivity contribution in [2.75, 3.05) is 0 Å². The van der Waals surface area contributed by atoms with Crippen LogP contribution in [0.2, 0.25) is 0 Å². The first-order chi connectivity index (χ1) is 9.88. The minimum atomic E-state index is -1.09. The Labute approximate surface area is 117 Å². The number of benzene rings is 1. The summed E-state index contributed by atoms with van der Waals surface area (Å²) in [5.41, 5.74) is -0.149. The molecule has 0 saturated heterocycles. The highest BCUT2D eigenvalue weighted by molar-refractivity contribution is 5.86. The van der Waals surface area contributed by atoms with Gasteiger partial charge in [-0.05, 0) is 31.2 Å². The lowest BCUT2D eigenvalue weighted by atomic mass is 10.1. The van der Waals surface area contributed by atoms with E-state index in [0.717, 1.165) is 30.3 Å². The fraction of sp³-hybridized carbons (Fsp3) is 0.154. The first kappa shape index (κ1) is 14.6. The molecule has 0 aliphatic rings. The third-order valence-electron chi connectivity index (χ3n) is 2.65. The zero-order chi connectivity index (χ0) is 15.6. The molecule has 0 aliphatic carbocycles. The van der Waals surface area contributed by atoms with Gasteiger partial charge in [0.05, 0.1) is 6.07 Å². The van der Waals surface area contributed by atoms with E-state index < -0.39 is 40.3 Å². The van der Waals surface area contributed by atoms with Crippen LogP contribution >= 0.6 is 0 Å². The number of ether oxygens (including phenoxy) is 1. The number of hydrogen-bond donors (Lipinski definition) is 0. The van der Waals surface area contributed by atoms with E-state index in [1.807, 2.05) is 0 Å². The lowest BCUT2D eigenvalue weighted by Crippen LogP contribution is -2.10. The first-order valence-electron chi connectivity index (χ1n) is 5.78. The maximum atomic E-state index is 13.5. The lowest BCUT2D eigenvalue weighted by molar-refractivity contribution is -0.402. The van der Waals surface area contributed by atoms with Crippen LogP contribution in [0.4, 0.5) is 14.7 Å². The highest BCUT2D eigenvalue weighted by atomic mass is 19.1. The van der Waals surface area contributed by atoms with Gasteiger partial charge in [0, 0.05) is 5.56 Å². The van der Waals surface area contributed by atoms with Crippen LogP contribution in [0.1, 0.15) is 29.1 Å². The Bertz CT molecular complexity index is 698. The number of furan rings is 1. The zero-order valence-electron chi connectivity index (χ0n) is 10.7. The molecule has 0 radical (unpaired) electrons. The van der Waals surface area contributed by atoms with Crippen LogP contribution in [-0.4, -0.2) is 10.9 Å². The summed E-state index contributed by atoms with van der Waals surface area (Å²) in [4.78, 5) is 21.3. The van der Waals surface area contributed by atoms with Crippen molar-refractivity contribution in [3.8, 4) is 0 Å². The quantitative estimate of drug-likeness (QED) is 0.491. The number of carbonyl (C=O) groups excluding carboxylic acids is 1. The summed E-state index contributed by atoms with van der Waals surface area (Å²) < 4.78 is 36.1. The minimum Gasteiger partial charge on any atom is -0.452 e. The molecule has 6 nitrogen and oxygen atoms in total. The second-order valence-electron chi connectivity index (χ2n) is 4.11. The standard InChI is InChI=1S/C13H9F2NO5/c1-7(9-6-8(14)2-3-10(9)15)20-13(17)11-4-5-12(21-11)16(18)19/h2-7H,1H3. The summed E-state index contributed by atoms with van der Waals surface area (Å²) >= 11 is 0. The third-order valence-corrected chi connectivity index (χ3v) is 2.65. The molecule has 2 aromatic rings. The molecule has 1 aromatic carbocycles. The molecule has 0 saturated carbocycles. The van der Waals surface area contributed by atoms with Gasteiger partial charge in [0.15, 0.2) is 0 Å². The molecule has 1 aromatic heterocycles. The van der Waals surface area contributed by atoms with Crippen LogP contribution in [0.5, 0.6) is 0 Å². The maximum absolute atomic E-state index is 13.5. The number of carbonyl (C=O) groups is 1. The summed E-state index contributed by atoms with van der Waals surface area (Å²) in [5, 5.41) is 10.4. The maximum Gasteiger partial charge on any atom is 0.433 e. The predicted molar refractivity (Wildman–Crippen MR) is 65.6 cm³/mol. The monoisotopic (exact) mass is 297 g/mol. The average molecular weight is 297 g/mol. The second kappa shape index (κ2) is 5.70. The van der Waals surface area contributed by atoms with E-state index in [0.29, 0.717) is 0 Å². The van der Waals surface area contributed by atoms with E-state index in [9.17, 15) is 23.7 Å². The topological polar surface area (TPSA) is 82.6 Å². The summed E-state index contributed by atoms with van der Waals surface area (Å²) in [7, 11) is 0. The van der Waals surface area contributed by atoms with Crippen molar-refractivity contribution in [1.29, 1.82) is 0 Å². The molecule has 21 heavy (non-hydrogen) atoms. The highest BCUT2D eigenvalue weighted by Crippen LogP contribution is 2.24. The number of nitrogens with zero attached hydrogens (tertiary/aromatic N) is 1. The third kappa shape index (κ3) is 3.22. The van der Waals surface area contributed by atoms with Gasteiger partial charge in [-0.25, -0.2) is 13.6 Å². The van der Waals surface area contributed by atoms with Crippen molar-refractivity contribution in [3.05, 3.63) is 63.4 Å². The van der Waals surface area contributed by atoms with E-state index in [1.165, 1.54) is 6.92 Å². The second-order valence-corrected chi connectivity index (χ2v) is 4.11. The summed E-state index contributed by atoms with van der Waals surface area (Å²) in [6, 6.07) is 4.80. The van der Waals surface area contributed by atoms with Crippen molar-refractivity contribution < 1.29 is 27.7 Å². The molecular formula is C13H9F2NO5. The summed E-state index contributed by atoms with van der Waals surface area (Å²) in [5.74, 6) is -3.44. The molecule has 0 bridgehead atoms. The van der Waals surface area contributed by atoms with Crippen molar-refractivity contribution in [2.45, 2.75) is 13.0 Å². The van der Waals surface area contributed by atoms with E-state index >= 15 is 0 Å². The van der Waals surface area contributed by atoms with Gasteiger partial charge in [-0.15, -0.1) is 0 Å². The number of rotatable bonds is 4. The van der Waals surface area contributed by atoms with Crippen LogP contribution < -0.4 is 0 Å². The van der Waals surface area contributed by atoms with Crippen LogP contribution in [0.25, 0.3) is 0 Å². The summed E-state index contributed by atoms with van der Waals surface area (Å²) in [6.07, 6.45) is -1.09. The average Bonchev–Trinajstić information content (AvgIpc) is 2.91. The van der Waals surface area contributed by atoms with Crippen LogP contribution in [0, 0.1) is 21.7 Å². The number of halogens is 2. The van der Waals surface area contributed by atoms with Crippen LogP contribution in [0.3, 0.4) is 0 Å². The molecule has 0 spiro atoms. The number of hydrogen-bond acceptors (Lipinski definition) is 5. The fourth-order valence-electron chi connectivity index (χ4n) is 1.64. The van der Waals surface area contributed by atoms with Crippen LogP contribution in [-0.2, 0) is 4.74 Å². The molecule has 0 N–H and O–H groups in total. The van der Waals surface area contributed by atoms with E-state index in [2.05, 4.69) is 4.42 Å². The molecule has 2 rings (SSSR count). The predicted octanol–water partition coefficient (Wildman–Crippen LogP) is 3.38. The van der Waals surface area contributed by atoms with E-state index in [4.69, 9.17) is 4.74 Å². The molecule has 110 valence electrons. The van der Waals surface area contributed by atoms with Gasteiger partial charge in [-0.1, -0.05) is 0 Å². The molecule has 0 fully saturated rings. The van der Waals surface area contributed by atoms with Gasteiger partial charge in [0.2, 0.25) is 5.76 Å². The molecular weight excluding hydrogens is 288 g/mol. The Morgan fingerprint density at radius 3 is 2.67 bits per heavy atom. The Morgan fingerprint density at radius 1 is 1.33 bits per heavy atom. The van der Waals surface area contributed by atoms with Gasteiger partial charge >= 0.3 is 11.9 Å². The van der Waals surface area contributed by atoms with Crippen molar-refractivity contribution in [2.24, 2.45) is 0 Å². The molecule has 1 atom stereocenters. The molecule has 0 amide bonds. The molecule has 8 heteroatoms. The Balaban J connectivity index is 2.14. The lowest BCUT2D eigenvalue weighted by Gasteiger charge is -2.13. The summed E-state index contributed by atoms with van der Waals surface area (Å²) in [6.45, 7) is 1.34. The first-order valence-corrected chi connectivity index (χ1v) is 5.78. The Hall–Kier alpha value is -2.77. The largest absolute Gasteiger partial charge is 0.452 e. The Kier molecular flexibility index (Phi) is 3.97. The minimum absolute atomic E-state index is 0.149. The van der Waals surface area contributed by atoms with Gasteiger partial charge in [0.1, 0.15) is 22.7 Å². The fourth-order valence-corrected chi connectivity index (χ4v) is 1.64. The molecule has 1 heterocycles. The van der Waals surface area contributed by atoms with Gasteiger partial charge in [-0.3, -0.25) is 10.1 Å². The zero-order valence-corrected chi connectivity index (χ0v) is 10.7. The number of nitro groups is 1. The van der Waals surface area contributed by atoms with Gasteiger partial charge in [0.25, 0.3) is 0 Å². The van der Waals surface area contributed by atoms with E-state index in [1.54, 1.807) is 0 Å². The van der Waals surface area contributed by atoms with Crippen molar-refractivity contribution >= 4 is 11.9 Å². The smallest absolute Gasteiger partial charge is 0.433 e. The van der Waals surface area contributed by atoms with Crippen LogP contribution in [0.15, 0.2) is 34.7 Å². The Morgan fingerprint density at radius 2 is 2.05 bits per heavy atom. The SMILES string of the molecule is CC(OC(=O)c1ccc([N+](=O)[O-])o1)c1cc(F)ccc1F. The van der Waals surface area contributed by atoms with Crippen molar-refractivity contribution in [3.63, 3.8) is 0 Å².